The molecule has 0 atom stereocenters. The predicted molar refractivity (Wildman–Crippen MR) is 134 cm³/mol. The van der Waals surface area contributed by atoms with Crippen molar-refractivity contribution in [2.24, 2.45) is 0 Å². The van der Waals surface area contributed by atoms with Gasteiger partial charge in [-0.3, -0.25) is 0 Å². The SMILES string of the molecule is CC(C)(O)C(C)(C)O[B]c1ccc(-c2ccc3oc4ccccc4c3c2)c2ccccc12. The van der Waals surface area contributed by atoms with E-state index in [4.69, 9.17) is 9.07 Å². The van der Waals surface area contributed by atoms with E-state index in [0.717, 1.165) is 49.3 Å². The quantitative estimate of drug-likeness (QED) is 0.343. The van der Waals surface area contributed by atoms with Gasteiger partial charge in [0.15, 0.2) is 0 Å². The Hall–Kier alpha value is -3.08. The van der Waals surface area contributed by atoms with Crippen LogP contribution in [0.2, 0.25) is 0 Å². The molecule has 5 rings (SSSR count). The topological polar surface area (TPSA) is 42.6 Å². The highest BCUT2D eigenvalue weighted by Crippen LogP contribution is 2.34. The number of furan rings is 1. The van der Waals surface area contributed by atoms with Crippen LogP contribution in [0.15, 0.2) is 83.3 Å². The highest BCUT2D eigenvalue weighted by atomic mass is 16.5. The largest absolute Gasteiger partial charge is 0.456 e. The second-order valence-electron chi connectivity index (χ2n) is 9.36. The molecule has 0 aliphatic rings. The molecule has 0 spiro atoms. The number of para-hydroxylation sites is 1. The Kier molecular flexibility index (Phi) is 4.88. The lowest BCUT2D eigenvalue weighted by Gasteiger charge is -2.37. The molecule has 5 aromatic rings. The number of fused-ring (bicyclic) bond motifs is 4. The van der Waals surface area contributed by atoms with E-state index in [0.29, 0.717) is 0 Å². The maximum atomic E-state index is 10.4. The van der Waals surface area contributed by atoms with Gasteiger partial charge < -0.3 is 14.2 Å². The molecule has 0 aliphatic heterocycles. The van der Waals surface area contributed by atoms with Crippen molar-refractivity contribution in [2.75, 3.05) is 0 Å². The first kappa shape index (κ1) is 20.8. The minimum absolute atomic E-state index is 0.722. The zero-order valence-electron chi connectivity index (χ0n) is 18.8. The lowest BCUT2D eigenvalue weighted by Crippen LogP contribution is -2.49. The van der Waals surface area contributed by atoms with Gasteiger partial charge in [-0.05, 0) is 73.3 Å². The summed E-state index contributed by atoms with van der Waals surface area (Å²) in [5.41, 5.74) is 3.39. The van der Waals surface area contributed by atoms with E-state index in [1.807, 2.05) is 38.1 Å². The summed E-state index contributed by atoms with van der Waals surface area (Å²) in [4.78, 5) is 0. The van der Waals surface area contributed by atoms with E-state index >= 15 is 0 Å². The molecule has 4 heteroatoms. The van der Waals surface area contributed by atoms with Crippen LogP contribution in [0.1, 0.15) is 27.7 Å². The van der Waals surface area contributed by atoms with Gasteiger partial charge in [0.1, 0.15) is 11.2 Å². The molecule has 4 aromatic carbocycles. The van der Waals surface area contributed by atoms with Gasteiger partial charge in [0.25, 0.3) is 0 Å². The summed E-state index contributed by atoms with van der Waals surface area (Å²) in [5, 5.41) is 14.9. The molecule has 1 aromatic heterocycles. The zero-order valence-corrected chi connectivity index (χ0v) is 18.8. The van der Waals surface area contributed by atoms with Crippen molar-refractivity contribution in [3.05, 3.63) is 78.9 Å². The van der Waals surface area contributed by atoms with Gasteiger partial charge in [-0.2, -0.15) is 0 Å². The van der Waals surface area contributed by atoms with E-state index in [2.05, 4.69) is 54.6 Å². The predicted octanol–water partition coefficient (Wildman–Crippen LogP) is 6.22. The molecular weight excluding hydrogens is 395 g/mol. The number of benzene rings is 4. The van der Waals surface area contributed by atoms with E-state index < -0.39 is 11.2 Å². The molecule has 159 valence electrons. The van der Waals surface area contributed by atoms with Crippen LogP contribution >= 0.6 is 0 Å². The van der Waals surface area contributed by atoms with Gasteiger partial charge in [-0.1, -0.05) is 60.7 Å². The van der Waals surface area contributed by atoms with Crippen LogP contribution < -0.4 is 5.46 Å². The third kappa shape index (κ3) is 3.50. The maximum Gasteiger partial charge on any atom is 0.331 e. The fourth-order valence-electron chi connectivity index (χ4n) is 3.93. The van der Waals surface area contributed by atoms with Crippen LogP contribution in [0.4, 0.5) is 0 Å². The monoisotopic (exact) mass is 421 g/mol. The number of aliphatic hydroxyl groups is 1. The molecule has 0 bridgehead atoms. The first-order valence-electron chi connectivity index (χ1n) is 10.9. The highest BCUT2D eigenvalue weighted by Gasteiger charge is 2.35. The lowest BCUT2D eigenvalue weighted by molar-refractivity contribution is -0.0893. The number of hydrogen-bond acceptors (Lipinski definition) is 3. The van der Waals surface area contributed by atoms with Crippen molar-refractivity contribution in [2.45, 2.75) is 38.9 Å². The van der Waals surface area contributed by atoms with Gasteiger partial charge in [0, 0.05) is 10.8 Å². The summed E-state index contributed by atoms with van der Waals surface area (Å²) in [5.74, 6) is 0. The number of rotatable bonds is 5. The molecular formula is C28H26BO3. The van der Waals surface area contributed by atoms with Crippen LogP contribution in [0.25, 0.3) is 43.8 Å². The molecule has 0 saturated heterocycles. The highest BCUT2D eigenvalue weighted by molar-refractivity contribution is 6.51. The Labute approximate surface area is 188 Å². The Morgan fingerprint density at radius 2 is 1.38 bits per heavy atom. The molecule has 0 unspecified atom stereocenters. The third-order valence-electron chi connectivity index (χ3n) is 6.60. The van der Waals surface area contributed by atoms with E-state index in [1.54, 1.807) is 21.3 Å². The third-order valence-corrected chi connectivity index (χ3v) is 6.60. The van der Waals surface area contributed by atoms with Crippen molar-refractivity contribution < 1.29 is 14.2 Å². The van der Waals surface area contributed by atoms with Crippen molar-refractivity contribution in [3.8, 4) is 11.1 Å². The molecule has 0 amide bonds. The summed E-state index contributed by atoms with van der Waals surface area (Å²) in [6.45, 7) is 7.31. The van der Waals surface area contributed by atoms with Gasteiger partial charge in [-0.15, -0.1) is 0 Å². The fraction of sp³-hybridized carbons (Fsp3) is 0.214. The Balaban J connectivity index is 1.59. The smallest absolute Gasteiger partial charge is 0.331 e. The van der Waals surface area contributed by atoms with Crippen LogP contribution in [0.3, 0.4) is 0 Å². The van der Waals surface area contributed by atoms with Crippen LogP contribution in [0, 0.1) is 0 Å². The molecule has 1 N–H and O–H groups in total. The average molecular weight is 421 g/mol. The van der Waals surface area contributed by atoms with Crippen LogP contribution in [-0.2, 0) is 4.65 Å². The second-order valence-corrected chi connectivity index (χ2v) is 9.36. The Morgan fingerprint density at radius 1 is 0.719 bits per heavy atom. The first-order chi connectivity index (χ1) is 15.2. The molecule has 0 saturated carbocycles. The minimum atomic E-state index is -0.970. The van der Waals surface area contributed by atoms with Gasteiger partial charge in [-0.25, -0.2) is 0 Å². The number of hydrogen-bond donors (Lipinski definition) is 1. The molecule has 32 heavy (non-hydrogen) atoms. The molecule has 0 fully saturated rings. The normalized spacial score (nSPS) is 12.7. The molecule has 0 aliphatic carbocycles. The van der Waals surface area contributed by atoms with E-state index in [-0.39, 0.29) is 0 Å². The minimum Gasteiger partial charge on any atom is -0.456 e. The fourth-order valence-corrected chi connectivity index (χ4v) is 3.93. The van der Waals surface area contributed by atoms with Crippen molar-refractivity contribution in [1.82, 2.24) is 0 Å². The van der Waals surface area contributed by atoms with E-state index in [1.165, 1.54) is 0 Å². The van der Waals surface area contributed by atoms with Crippen molar-refractivity contribution >= 4 is 45.7 Å². The summed E-state index contributed by atoms with van der Waals surface area (Å²) < 4.78 is 12.0. The summed E-state index contributed by atoms with van der Waals surface area (Å²) in [6, 6.07) is 27.1. The molecule has 3 nitrogen and oxygen atoms in total. The van der Waals surface area contributed by atoms with Gasteiger partial charge in [0.2, 0.25) is 0 Å². The Morgan fingerprint density at radius 3 is 2.12 bits per heavy atom. The summed E-state index contributed by atoms with van der Waals surface area (Å²) in [7, 11) is 1.76. The standard InChI is InChI=1S/C28H26BO3/c1-27(2,30)28(3,4)32-29-24-15-14-19(20-9-5-6-10-21(20)24)18-13-16-26-23(17-18)22-11-7-8-12-25(22)31-26/h5-17,30H,1-4H3. The van der Waals surface area contributed by atoms with E-state index in [9.17, 15) is 5.11 Å². The molecule has 1 radical (unpaired) electrons. The Bertz CT molecular complexity index is 1440. The van der Waals surface area contributed by atoms with Gasteiger partial charge in [0.05, 0.1) is 11.2 Å². The van der Waals surface area contributed by atoms with Crippen LogP contribution in [0.5, 0.6) is 0 Å². The zero-order chi connectivity index (χ0) is 22.5. The average Bonchev–Trinajstić information content (AvgIpc) is 3.14. The van der Waals surface area contributed by atoms with Gasteiger partial charge >= 0.3 is 7.48 Å². The van der Waals surface area contributed by atoms with Crippen molar-refractivity contribution in [3.63, 3.8) is 0 Å². The second kappa shape index (κ2) is 7.51. The lowest BCUT2D eigenvalue weighted by atomic mass is 9.79. The van der Waals surface area contributed by atoms with Crippen molar-refractivity contribution in [1.29, 1.82) is 0 Å². The molecule has 1 heterocycles. The summed E-state index contributed by atoms with van der Waals surface area (Å²) in [6.07, 6.45) is 0. The first-order valence-corrected chi connectivity index (χ1v) is 10.9. The summed E-state index contributed by atoms with van der Waals surface area (Å²) >= 11 is 0. The van der Waals surface area contributed by atoms with Crippen LogP contribution in [-0.4, -0.2) is 23.8 Å². The maximum absolute atomic E-state index is 10.4.